The third-order valence-corrected chi connectivity index (χ3v) is 5.93. The van der Waals surface area contributed by atoms with Gasteiger partial charge in [0, 0.05) is 30.5 Å². The minimum Gasteiger partial charge on any atom is -0.301 e. The van der Waals surface area contributed by atoms with Gasteiger partial charge in [-0.25, -0.2) is 19.9 Å². The SMILES string of the molecule is O=C(CSc1nc2nccnc2c(=O)n1CCCc1ccccc1)Nc1nccs1. The highest BCUT2D eigenvalue weighted by atomic mass is 32.2. The summed E-state index contributed by atoms with van der Waals surface area (Å²) in [5.74, 6) is -0.101. The van der Waals surface area contributed by atoms with E-state index >= 15 is 0 Å². The number of nitrogens with zero attached hydrogens (tertiary/aromatic N) is 5. The fourth-order valence-electron chi connectivity index (χ4n) is 2.89. The highest BCUT2D eigenvalue weighted by Gasteiger charge is 2.15. The topological polar surface area (TPSA) is 103 Å². The zero-order valence-electron chi connectivity index (χ0n) is 15.9. The lowest BCUT2D eigenvalue weighted by molar-refractivity contribution is -0.113. The second-order valence-corrected chi connectivity index (χ2v) is 8.18. The van der Waals surface area contributed by atoms with E-state index in [1.165, 1.54) is 41.1 Å². The molecule has 0 radical (unpaired) electrons. The average Bonchev–Trinajstić information content (AvgIpc) is 3.28. The van der Waals surface area contributed by atoms with Crippen molar-refractivity contribution in [3.8, 4) is 0 Å². The summed E-state index contributed by atoms with van der Waals surface area (Å²) in [6.07, 6.45) is 6.20. The Morgan fingerprint density at radius 1 is 1.10 bits per heavy atom. The van der Waals surface area contributed by atoms with Crippen LogP contribution in [0, 0.1) is 0 Å². The van der Waals surface area contributed by atoms with Gasteiger partial charge in [0.1, 0.15) is 0 Å². The van der Waals surface area contributed by atoms with E-state index < -0.39 is 0 Å². The Balaban J connectivity index is 1.52. The van der Waals surface area contributed by atoms with Crippen LogP contribution in [0.2, 0.25) is 0 Å². The molecule has 30 heavy (non-hydrogen) atoms. The Kier molecular flexibility index (Phi) is 6.45. The number of aryl methyl sites for hydroxylation is 1. The summed E-state index contributed by atoms with van der Waals surface area (Å²) >= 11 is 2.55. The molecule has 0 fully saturated rings. The Labute approximate surface area is 180 Å². The number of thiazole rings is 1. The van der Waals surface area contributed by atoms with Gasteiger partial charge in [0.15, 0.2) is 21.5 Å². The Bertz CT molecular complexity index is 1200. The summed E-state index contributed by atoms with van der Waals surface area (Å²) in [5, 5.41) is 5.52. The van der Waals surface area contributed by atoms with Crippen molar-refractivity contribution >= 4 is 45.3 Å². The molecule has 0 atom stereocenters. The summed E-state index contributed by atoms with van der Waals surface area (Å²) in [6.45, 7) is 0.476. The third kappa shape index (κ3) is 4.89. The molecule has 1 aromatic carbocycles. The summed E-state index contributed by atoms with van der Waals surface area (Å²) in [4.78, 5) is 42.0. The van der Waals surface area contributed by atoms with E-state index in [2.05, 4.69) is 37.4 Å². The van der Waals surface area contributed by atoms with Gasteiger partial charge in [-0.1, -0.05) is 42.1 Å². The summed E-state index contributed by atoms with van der Waals surface area (Å²) < 4.78 is 1.58. The molecule has 0 aliphatic heterocycles. The minimum atomic E-state index is -0.246. The standard InChI is InChI=1S/C20H18N6O2S2/c27-15(24-19-23-10-12-29-19)13-30-20-25-17-16(21-8-9-22-17)18(28)26(20)11-4-7-14-5-2-1-3-6-14/h1-3,5-6,8-10,12H,4,7,11,13H2,(H,23,24,27). The van der Waals surface area contributed by atoms with Crippen LogP contribution in [0.5, 0.6) is 0 Å². The number of nitrogens with one attached hydrogen (secondary N) is 1. The van der Waals surface area contributed by atoms with Crippen molar-refractivity contribution in [3.05, 3.63) is 70.2 Å². The van der Waals surface area contributed by atoms with E-state index in [1.807, 2.05) is 18.2 Å². The molecule has 0 saturated carbocycles. The highest BCUT2D eigenvalue weighted by molar-refractivity contribution is 7.99. The van der Waals surface area contributed by atoms with Crippen LogP contribution in [0.4, 0.5) is 5.13 Å². The molecular formula is C20H18N6O2S2. The van der Waals surface area contributed by atoms with Crippen LogP contribution in [0.3, 0.4) is 0 Å². The molecule has 0 spiro atoms. The van der Waals surface area contributed by atoms with Gasteiger partial charge in [0.05, 0.1) is 5.75 Å². The van der Waals surface area contributed by atoms with Gasteiger partial charge in [0.25, 0.3) is 5.56 Å². The van der Waals surface area contributed by atoms with Crippen LogP contribution in [-0.4, -0.2) is 36.2 Å². The molecule has 4 aromatic rings. The molecule has 0 aliphatic rings. The van der Waals surface area contributed by atoms with Crippen LogP contribution in [0.25, 0.3) is 11.2 Å². The second-order valence-electron chi connectivity index (χ2n) is 6.34. The zero-order valence-corrected chi connectivity index (χ0v) is 17.5. The smallest absolute Gasteiger partial charge is 0.282 e. The van der Waals surface area contributed by atoms with Crippen molar-refractivity contribution in [1.29, 1.82) is 0 Å². The number of amides is 1. The number of hydrogen-bond acceptors (Lipinski definition) is 8. The zero-order chi connectivity index (χ0) is 20.8. The molecule has 152 valence electrons. The number of carbonyl (C=O) groups excluding carboxylic acids is 1. The Morgan fingerprint density at radius 3 is 2.73 bits per heavy atom. The molecule has 3 aromatic heterocycles. The fourth-order valence-corrected chi connectivity index (χ4v) is 4.25. The minimum absolute atomic E-state index is 0.108. The van der Waals surface area contributed by atoms with Crippen molar-refractivity contribution in [2.45, 2.75) is 24.5 Å². The fraction of sp³-hybridized carbons (Fsp3) is 0.200. The molecule has 0 aliphatic carbocycles. The maximum Gasteiger partial charge on any atom is 0.282 e. The molecule has 4 rings (SSSR count). The predicted octanol–water partition coefficient (Wildman–Crippen LogP) is 3.01. The quantitative estimate of drug-likeness (QED) is 0.333. The van der Waals surface area contributed by atoms with Crippen LogP contribution in [0.1, 0.15) is 12.0 Å². The number of aromatic nitrogens is 5. The van der Waals surface area contributed by atoms with Crippen LogP contribution >= 0.6 is 23.1 Å². The van der Waals surface area contributed by atoms with Gasteiger partial charge in [0.2, 0.25) is 5.91 Å². The number of rotatable bonds is 8. The monoisotopic (exact) mass is 438 g/mol. The molecular weight excluding hydrogens is 420 g/mol. The van der Waals surface area contributed by atoms with E-state index in [0.717, 1.165) is 12.8 Å². The number of anilines is 1. The third-order valence-electron chi connectivity index (χ3n) is 4.26. The Hall–Kier alpha value is -3.11. The molecule has 1 N–H and O–H groups in total. The van der Waals surface area contributed by atoms with E-state index in [9.17, 15) is 9.59 Å². The van der Waals surface area contributed by atoms with Crippen LogP contribution < -0.4 is 10.9 Å². The van der Waals surface area contributed by atoms with Crippen molar-refractivity contribution < 1.29 is 4.79 Å². The number of benzene rings is 1. The molecule has 0 unspecified atom stereocenters. The molecule has 10 heteroatoms. The van der Waals surface area contributed by atoms with Crippen LogP contribution in [-0.2, 0) is 17.8 Å². The molecule has 3 heterocycles. The molecule has 0 bridgehead atoms. The summed E-state index contributed by atoms with van der Waals surface area (Å²) in [7, 11) is 0. The lowest BCUT2D eigenvalue weighted by Crippen LogP contribution is -2.25. The maximum atomic E-state index is 13.0. The first kappa shape index (κ1) is 20.2. The molecule has 0 saturated heterocycles. The molecule has 1 amide bonds. The van der Waals surface area contributed by atoms with E-state index in [0.29, 0.717) is 16.8 Å². The van der Waals surface area contributed by atoms with E-state index in [-0.39, 0.29) is 28.4 Å². The Morgan fingerprint density at radius 2 is 1.93 bits per heavy atom. The average molecular weight is 439 g/mol. The van der Waals surface area contributed by atoms with Gasteiger partial charge in [-0.2, -0.15) is 0 Å². The van der Waals surface area contributed by atoms with Crippen molar-refractivity contribution in [3.63, 3.8) is 0 Å². The van der Waals surface area contributed by atoms with Gasteiger partial charge in [-0.05, 0) is 18.4 Å². The molecule has 8 nitrogen and oxygen atoms in total. The number of thioether (sulfide) groups is 1. The van der Waals surface area contributed by atoms with Crippen molar-refractivity contribution in [2.24, 2.45) is 0 Å². The lowest BCUT2D eigenvalue weighted by Gasteiger charge is -2.12. The number of carbonyl (C=O) groups is 1. The van der Waals surface area contributed by atoms with Gasteiger partial charge in [-0.3, -0.25) is 14.2 Å². The second kappa shape index (κ2) is 9.59. The van der Waals surface area contributed by atoms with Gasteiger partial charge >= 0.3 is 0 Å². The summed E-state index contributed by atoms with van der Waals surface area (Å²) in [6, 6.07) is 10.1. The predicted molar refractivity (Wildman–Crippen MR) is 118 cm³/mol. The number of hydrogen-bond donors (Lipinski definition) is 1. The van der Waals surface area contributed by atoms with E-state index in [1.54, 1.807) is 16.1 Å². The van der Waals surface area contributed by atoms with Crippen LogP contribution in [0.15, 0.2) is 64.3 Å². The first-order valence-corrected chi connectivity index (χ1v) is 11.1. The van der Waals surface area contributed by atoms with Gasteiger partial charge in [-0.15, -0.1) is 11.3 Å². The van der Waals surface area contributed by atoms with Crippen molar-refractivity contribution in [1.82, 2.24) is 24.5 Å². The summed E-state index contributed by atoms with van der Waals surface area (Å²) in [5.41, 5.74) is 1.47. The first-order valence-electron chi connectivity index (χ1n) is 9.28. The normalized spacial score (nSPS) is 10.9. The first-order chi connectivity index (χ1) is 14.7. The highest BCUT2D eigenvalue weighted by Crippen LogP contribution is 2.18. The van der Waals surface area contributed by atoms with Gasteiger partial charge < -0.3 is 5.32 Å². The van der Waals surface area contributed by atoms with Crippen molar-refractivity contribution in [2.75, 3.05) is 11.1 Å². The maximum absolute atomic E-state index is 13.0. The lowest BCUT2D eigenvalue weighted by atomic mass is 10.1. The number of fused-ring (bicyclic) bond motifs is 1. The largest absolute Gasteiger partial charge is 0.301 e. The van der Waals surface area contributed by atoms with E-state index in [4.69, 9.17) is 0 Å².